The maximum absolute atomic E-state index is 5.40. The summed E-state index contributed by atoms with van der Waals surface area (Å²) in [7, 11) is 0. The number of halogens is 1. The Morgan fingerprint density at radius 1 is 1.58 bits per heavy atom. The number of nitrogens with two attached hydrogens (primary N) is 1. The van der Waals surface area contributed by atoms with Crippen LogP contribution in [0.25, 0.3) is 0 Å². The molecule has 0 aliphatic heterocycles. The molecule has 1 rings (SSSR count). The number of aromatic nitrogens is 1. The molecule has 1 aromatic rings. The fourth-order valence-corrected chi connectivity index (χ4v) is 1.05. The van der Waals surface area contributed by atoms with E-state index in [2.05, 4.69) is 0 Å². The first kappa shape index (κ1) is 11.3. The summed E-state index contributed by atoms with van der Waals surface area (Å²) >= 11 is 4.79. The molecule has 1 aromatic heterocycles. The number of hydrogen-bond acceptors (Lipinski definition) is 1. The van der Waals surface area contributed by atoms with Gasteiger partial charge in [-0.3, -0.25) is 0 Å². The minimum absolute atomic E-state index is 0. The van der Waals surface area contributed by atoms with Crippen LogP contribution in [0.4, 0.5) is 0 Å². The lowest BCUT2D eigenvalue weighted by Crippen LogP contribution is -3.00. The minimum Gasteiger partial charge on any atom is -1.00 e. The molecule has 0 aliphatic carbocycles. The molecule has 12 heavy (non-hydrogen) atoms. The highest BCUT2D eigenvalue weighted by atomic mass is 35.5. The molecule has 1 heterocycles. The highest BCUT2D eigenvalue weighted by Crippen LogP contribution is 1.86. The summed E-state index contributed by atoms with van der Waals surface area (Å²) in [5, 5.41) is 0. The van der Waals surface area contributed by atoms with Crippen LogP contribution < -0.4 is 22.7 Å². The van der Waals surface area contributed by atoms with E-state index in [1.54, 1.807) is 0 Å². The van der Waals surface area contributed by atoms with Crippen LogP contribution >= 0.6 is 12.2 Å². The van der Waals surface area contributed by atoms with Gasteiger partial charge in [0.1, 0.15) is 4.99 Å². The molecule has 0 spiro atoms. The molecule has 66 valence electrons. The van der Waals surface area contributed by atoms with Crippen LogP contribution in [0.1, 0.15) is 5.69 Å². The van der Waals surface area contributed by atoms with Gasteiger partial charge >= 0.3 is 0 Å². The Morgan fingerprint density at radius 3 is 2.75 bits per heavy atom. The van der Waals surface area contributed by atoms with E-state index < -0.39 is 0 Å². The molecule has 0 saturated heterocycles. The first-order chi connectivity index (χ1) is 5.20. The summed E-state index contributed by atoms with van der Waals surface area (Å²) in [6.45, 7) is 2.65. The first-order valence-electron chi connectivity index (χ1n) is 3.43. The third-order valence-electron chi connectivity index (χ3n) is 1.49. The number of nitrogens with zero attached hydrogens (tertiary/aromatic N) is 1. The summed E-state index contributed by atoms with van der Waals surface area (Å²) < 4.78 is 2.02. The molecule has 0 unspecified atom stereocenters. The minimum atomic E-state index is 0. The van der Waals surface area contributed by atoms with Gasteiger partial charge in [-0.25, -0.2) is 0 Å². The summed E-state index contributed by atoms with van der Waals surface area (Å²) in [4.78, 5) is 0.518. The lowest BCUT2D eigenvalue weighted by atomic mass is 10.3. The van der Waals surface area contributed by atoms with Crippen LogP contribution in [0.5, 0.6) is 0 Å². The van der Waals surface area contributed by atoms with Gasteiger partial charge in [-0.05, 0) is 0 Å². The summed E-state index contributed by atoms with van der Waals surface area (Å²) in [6.07, 6.45) is 1.97. The Hall–Kier alpha value is -0.670. The zero-order chi connectivity index (χ0) is 8.27. The molecule has 0 aliphatic rings. The lowest BCUT2D eigenvalue weighted by Gasteiger charge is -1.96. The Labute approximate surface area is 83.8 Å². The van der Waals surface area contributed by atoms with Crippen molar-refractivity contribution in [2.45, 2.75) is 13.5 Å². The molecule has 0 atom stereocenters. The van der Waals surface area contributed by atoms with E-state index in [4.69, 9.17) is 18.0 Å². The second-order valence-corrected chi connectivity index (χ2v) is 2.96. The molecular formula is C8H11ClN2S. The van der Waals surface area contributed by atoms with Crippen LogP contribution in [0, 0.1) is 6.92 Å². The monoisotopic (exact) mass is 202 g/mol. The van der Waals surface area contributed by atoms with Crippen LogP contribution in [-0.4, -0.2) is 4.99 Å². The van der Waals surface area contributed by atoms with Gasteiger partial charge < -0.3 is 18.1 Å². The summed E-state index contributed by atoms with van der Waals surface area (Å²) in [6, 6.07) is 5.98. The van der Waals surface area contributed by atoms with Crippen molar-refractivity contribution < 1.29 is 17.0 Å². The molecule has 2 N–H and O–H groups in total. The van der Waals surface area contributed by atoms with Gasteiger partial charge in [0, 0.05) is 19.1 Å². The van der Waals surface area contributed by atoms with E-state index >= 15 is 0 Å². The third-order valence-corrected chi connectivity index (χ3v) is 1.62. The summed E-state index contributed by atoms with van der Waals surface area (Å²) in [5.41, 5.74) is 6.57. The Bertz CT molecular complexity index is 276. The van der Waals surface area contributed by atoms with Crippen molar-refractivity contribution in [3.63, 3.8) is 0 Å². The van der Waals surface area contributed by atoms with Gasteiger partial charge in [0.15, 0.2) is 18.4 Å². The van der Waals surface area contributed by atoms with Gasteiger partial charge in [-0.15, -0.1) is 0 Å². The van der Waals surface area contributed by atoms with Gasteiger partial charge in [0.2, 0.25) is 0 Å². The number of aryl methyl sites for hydroxylation is 1. The highest BCUT2D eigenvalue weighted by molar-refractivity contribution is 7.80. The van der Waals surface area contributed by atoms with E-state index in [1.165, 1.54) is 5.69 Å². The van der Waals surface area contributed by atoms with Crippen LogP contribution in [0.2, 0.25) is 0 Å². The fraction of sp³-hybridized carbons (Fsp3) is 0.250. The zero-order valence-electron chi connectivity index (χ0n) is 6.83. The SMILES string of the molecule is Cc1cccc[n+]1CC(N)=S.[Cl-]. The Kier molecular flexibility index (Phi) is 4.78. The Morgan fingerprint density at radius 2 is 2.25 bits per heavy atom. The molecule has 0 fully saturated rings. The van der Waals surface area contributed by atoms with Crippen molar-refractivity contribution >= 4 is 17.2 Å². The van der Waals surface area contributed by atoms with Crippen molar-refractivity contribution in [1.29, 1.82) is 0 Å². The first-order valence-corrected chi connectivity index (χ1v) is 3.84. The predicted octanol–water partition coefficient (Wildman–Crippen LogP) is -2.43. The molecule has 4 heteroatoms. The average molecular weight is 203 g/mol. The van der Waals surface area contributed by atoms with Crippen LogP contribution in [-0.2, 0) is 6.54 Å². The number of hydrogen-bond donors (Lipinski definition) is 1. The highest BCUT2D eigenvalue weighted by Gasteiger charge is 2.03. The molecule has 2 nitrogen and oxygen atoms in total. The molecular weight excluding hydrogens is 192 g/mol. The zero-order valence-corrected chi connectivity index (χ0v) is 8.40. The van der Waals surface area contributed by atoms with Crippen molar-refractivity contribution in [2.24, 2.45) is 5.73 Å². The van der Waals surface area contributed by atoms with E-state index in [0.717, 1.165) is 0 Å². The van der Waals surface area contributed by atoms with Gasteiger partial charge in [-0.1, -0.05) is 18.3 Å². The maximum atomic E-state index is 5.40. The quantitative estimate of drug-likeness (QED) is 0.427. The average Bonchev–Trinajstić information content (AvgIpc) is 1.93. The molecule has 0 bridgehead atoms. The van der Waals surface area contributed by atoms with Crippen molar-refractivity contribution in [3.05, 3.63) is 30.1 Å². The lowest BCUT2D eigenvalue weighted by molar-refractivity contribution is -0.687. The standard InChI is InChI=1S/C8H10N2S.ClH/c1-7-4-2-3-5-10(7)6-8(9)11;/h2-5H,6H2,1H3,(H-,9,11);1H. The van der Waals surface area contributed by atoms with Crippen molar-refractivity contribution in [1.82, 2.24) is 0 Å². The fourth-order valence-electron chi connectivity index (χ4n) is 0.907. The molecule has 0 saturated carbocycles. The molecule has 0 amide bonds. The van der Waals surface area contributed by atoms with Gasteiger partial charge in [0.25, 0.3) is 0 Å². The Balaban J connectivity index is 0.00000121. The maximum Gasteiger partial charge on any atom is 0.198 e. The predicted molar refractivity (Wildman–Crippen MR) is 48.2 cm³/mol. The second kappa shape index (κ2) is 5.06. The van der Waals surface area contributed by atoms with Crippen molar-refractivity contribution in [2.75, 3.05) is 0 Å². The van der Waals surface area contributed by atoms with E-state index in [9.17, 15) is 0 Å². The van der Waals surface area contributed by atoms with Crippen LogP contribution in [0.15, 0.2) is 24.4 Å². The topological polar surface area (TPSA) is 29.9 Å². The van der Waals surface area contributed by atoms with Crippen LogP contribution in [0.3, 0.4) is 0 Å². The van der Waals surface area contributed by atoms with Crippen molar-refractivity contribution in [3.8, 4) is 0 Å². The smallest absolute Gasteiger partial charge is 0.198 e. The van der Waals surface area contributed by atoms with E-state index in [1.807, 2.05) is 35.9 Å². The molecule has 0 aromatic carbocycles. The normalized spacial score (nSPS) is 8.75. The van der Waals surface area contributed by atoms with E-state index in [0.29, 0.717) is 11.5 Å². The van der Waals surface area contributed by atoms with Gasteiger partial charge in [0.05, 0.1) is 0 Å². The third kappa shape index (κ3) is 3.15. The van der Waals surface area contributed by atoms with Gasteiger partial charge in [-0.2, -0.15) is 4.57 Å². The molecule has 0 radical (unpaired) electrons. The second-order valence-electron chi connectivity index (χ2n) is 2.44. The summed E-state index contributed by atoms with van der Waals surface area (Å²) in [5.74, 6) is 0. The largest absolute Gasteiger partial charge is 1.00 e. The number of pyridine rings is 1. The number of rotatable bonds is 2. The number of thiocarbonyl (C=S) groups is 1. The van der Waals surface area contributed by atoms with E-state index in [-0.39, 0.29) is 12.4 Å².